The van der Waals surface area contributed by atoms with Crippen molar-refractivity contribution < 1.29 is 4.74 Å². The molecular formula is C14H22N2O. The quantitative estimate of drug-likeness (QED) is 0.844. The number of rotatable bonds is 3. The number of nitrogens with one attached hydrogen (secondary N) is 1. The first kappa shape index (κ1) is 12.4. The van der Waals surface area contributed by atoms with Crippen LogP contribution in [0.2, 0.25) is 0 Å². The molecule has 0 bridgehead atoms. The molecule has 0 aliphatic carbocycles. The molecule has 0 aromatic heterocycles. The minimum absolute atomic E-state index is 0.0386. The topological polar surface area (TPSA) is 47.3 Å². The highest BCUT2D eigenvalue weighted by atomic mass is 16.5. The average Bonchev–Trinajstić information content (AvgIpc) is 2.29. The molecule has 94 valence electrons. The number of hydrogen-bond donors (Lipinski definition) is 2. The first-order valence-corrected chi connectivity index (χ1v) is 6.23. The van der Waals surface area contributed by atoms with Crippen LogP contribution in [0.5, 0.6) is 0 Å². The Morgan fingerprint density at radius 1 is 1.29 bits per heavy atom. The largest absolute Gasteiger partial charge is 0.378 e. The number of nitrogens with two attached hydrogens (primary N) is 1. The van der Waals surface area contributed by atoms with Crippen LogP contribution in [-0.2, 0) is 4.74 Å². The molecule has 17 heavy (non-hydrogen) atoms. The molecule has 0 saturated carbocycles. The molecule has 1 atom stereocenters. The molecule has 1 aromatic carbocycles. The highest BCUT2D eigenvalue weighted by molar-refractivity contribution is 5.45. The molecule has 1 aliphatic rings. The lowest BCUT2D eigenvalue weighted by Crippen LogP contribution is -2.55. The van der Waals surface area contributed by atoms with Gasteiger partial charge in [0.1, 0.15) is 0 Å². The van der Waals surface area contributed by atoms with E-state index in [1.54, 1.807) is 0 Å². The third-order valence-corrected chi connectivity index (χ3v) is 3.41. The van der Waals surface area contributed by atoms with E-state index in [0.717, 1.165) is 25.1 Å². The summed E-state index contributed by atoms with van der Waals surface area (Å²) >= 11 is 0. The molecule has 2 rings (SSSR count). The van der Waals surface area contributed by atoms with Gasteiger partial charge in [-0.25, -0.2) is 0 Å². The number of anilines is 1. The maximum Gasteiger partial charge on any atom is 0.0649 e. The van der Waals surface area contributed by atoms with Gasteiger partial charge in [0.05, 0.1) is 11.1 Å². The summed E-state index contributed by atoms with van der Waals surface area (Å²) in [6.07, 6.45) is 1.90. The van der Waals surface area contributed by atoms with Crippen LogP contribution < -0.4 is 11.1 Å². The van der Waals surface area contributed by atoms with Gasteiger partial charge in [0.25, 0.3) is 0 Å². The van der Waals surface area contributed by atoms with Crippen molar-refractivity contribution >= 4 is 5.69 Å². The maximum atomic E-state index is 5.99. The van der Waals surface area contributed by atoms with Crippen molar-refractivity contribution in [2.75, 3.05) is 18.5 Å². The Morgan fingerprint density at radius 3 is 2.59 bits per heavy atom. The Hall–Kier alpha value is -1.06. The molecule has 1 aliphatic heterocycles. The number of ether oxygens (including phenoxy) is 1. The van der Waals surface area contributed by atoms with Crippen molar-refractivity contribution in [2.24, 2.45) is 5.73 Å². The van der Waals surface area contributed by atoms with E-state index in [9.17, 15) is 0 Å². The minimum atomic E-state index is -0.0978. The van der Waals surface area contributed by atoms with Crippen LogP contribution in [-0.4, -0.2) is 24.3 Å². The average molecular weight is 234 g/mol. The van der Waals surface area contributed by atoms with E-state index in [4.69, 9.17) is 10.5 Å². The normalized spacial score (nSPS) is 27.7. The Kier molecular flexibility index (Phi) is 3.40. The molecule has 0 amide bonds. The summed E-state index contributed by atoms with van der Waals surface area (Å²) in [5.41, 5.74) is 6.99. The Balaban J connectivity index is 2.14. The zero-order valence-electron chi connectivity index (χ0n) is 10.7. The molecule has 1 aromatic rings. The molecule has 1 saturated heterocycles. The highest BCUT2D eigenvalue weighted by Crippen LogP contribution is 2.33. The molecule has 3 N–H and O–H groups in total. The maximum absolute atomic E-state index is 5.99. The fraction of sp³-hybridized carbons (Fsp3) is 0.571. The summed E-state index contributed by atoms with van der Waals surface area (Å²) in [7, 11) is 0. The molecular weight excluding hydrogens is 212 g/mol. The van der Waals surface area contributed by atoms with Crippen LogP contribution >= 0.6 is 0 Å². The van der Waals surface area contributed by atoms with Crippen molar-refractivity contribution in [3.05, 3.63) is 30.3 Å². The van der Waals surface area contributed by atoms with E-state index in [2.05, 4.69) is 31.3 Å². The van der Waals surface area contributed by atoms with Gasteiger partial charge >= 0.3 is 0 Å². The first-order chi connectivity index (χ1) is 8.05. The van der Waals surface area contributed by atoms with Crippen LogP contribution in [0.15, 0.2) is 30.3 Å². The Labute approximate surface area is 103 Å². The summed E-state index contributed by atoms with van der Waals surface area (Å²) in [5.74, 6) is 0. The zero-order chi connectivity index (χ0) is 12.4. The van der Waals surface area contributed by atoms with E-state index in [0.29, 0.717) is 6.54 Å². The minimum Gasteiger partial charge on any atom is -0.378 e. The molecule has 1 fully saturated rings. The van der Waals surface area contributed by atoms with E-state index in [-0.39, 0.29) is 11.1 Å². The predicted octanol–water partition coefficient (Wildman–Crippen LogP) is 2.39. The van der Waals surface area contributed by atoms with Crippen molar-refractivity contribution in [1.29, 1.82) is 0 Å². The summed E-state index contributed by atoms with van der Waals surface area (Å²) in [4.78, 5) is 0. The molecule has 1 unspecified atom stereocenters. The van der Waals surface area contributed by atoms with Crippen LogP contribution in [0.25, 0.3) is 0 Å². The number of benzene rings is 1. The third-order valence-electron chi connectivity index (χ3n) is 3.41. The Morgan fingerprint density at radius 2 is 2.00 bits per heavy atom. The fourth-order valence-corrected chi connectivity index (χ4v) is 2.64. The summed E-state index contributed by atoms with van der Waals surface area (Å²) in [6, 6.07) is 10.3. The second kappa shape index (κ2) is 4.67. The number of hydrogen-bond acceptors (Lipinski definition) is 3. The lowest BCUT2D eigenvalue weighted by molar-refractivity contribution is -0.0736. The van der Waals surface area contributed by atoms with E-state index >= 15 is 0 Å². The summed E-state index contributed by atoms with van der Waals surface area (Å²) in [5, 5.41) is 3.59. The lowest BCUT2D eigenvalue weighted by atomic mass is 9.81. The molecule has 3 heteroatoms. The smallest absolute Gasteiger partial charge is 0.0649 e. The van der Waals surface area contributed by atoms with E-state index < -0.39 is 0 Å². The second-order valence-electron chi connectivity index (χ2n) is 5.51. The summed E-state index contributed by atoms with van der Waals surface area (Å²) < 4.78 is 5.76. The van der Waals surface area contributed by atoms with Gasteiger partial charge < -0.3 is 15.8 Å². The number of para-hydroxylation sites is 1. The van der Waals surface area contributed by atoms with Crippen LogP contribution in [0.4, 0.5) is 5.69 Å². The molecule has 1 heterocycles. The molecule has 0 radical (unpaired) electrons. The van der Waals surface area contributed by atoms with Gasteiger partial charge in [-0.05, 0) is 32.4 Å². The standard InChI is InChI=1S/C14H22N2O/c1-13(2)10-14(11-15,8-9-17-13)16-12-6-4-3-5-7-12/h3-7,16H,8-11,15H2,1-2H3. The van der Waals surface area contributed by atoms with E-state index in [1.165, 1.54) is 0 Å². The van der Waals surface area contributed by atoms with Crippen LogP contribution in [0.1, 0.15) is 26.7 Å². The summed E-state index contributed by atoms with van der Waals surface area (Å²) in [6.45, 7) is 5.66. The predicted molar refractivity (Wildman–Crippen MR) is 71.1 cm³/mol. The van der Waals surface area contributed by atoms with Crippen molar-refractivity contribution in [3.63, 3.8) is 0 Å². The van der Waals surface area contributed by atoms with Gasteiger partial charge in [-0.15, -0.1) is 0 Å². The van der Waals surface area contributed by atoms with E-state index in [1.807, 2.05) is 18.2 Å². The molecule has 0 spiro atoms. The van der Waals surface area contributed by atoms with Gasteiger partial charge in [0.15, 0.2) is 0 Å². The van der Waals surface area contributed by atoms with Gasteiger partial charge in [0, 0.05) is 25.3 Å². The van der Waals surface area contributed by atoms with Gasteiger partial charge in [-0.2, -0.15) is 0 Å². The second-order valence-corrected chi connectivity index (χ2v) is 5.51. The zero-order valence-corrected chi connectivity index (χ0v) is 10.7. The highest BCUT2D eigenvalue weighted by Gasteiger charge is 2.39. The molecule has 3 nitrogen and oxygen atoms in total. The third kappa shape index (κ3) is 2.99. The fourth-order valence-electron chi connectivity index (χ4n) is 2.64. The van der Waals surface area contributed by atoms with Gasteiger partial charge in [-0.3, -0.25) is 0 Å². The first-order valence-electron chi connectivity index (χ1n) is 6.23. The van der Waals surface area contributed by atoms with Crippen molar-refractivity contribution in [1.82, 2.24) is 0 Å². The van der Waals surface area contributed by atoms with Gasteiger partial charge in [-0.1, -0.05) is 18.2 Å². The lowest BCUT2D eigenvalue weighted by Gasteiger charge is -2.45. The van der Waals surface area contributed by atoms with Crippen molar-refractivity contribution in [3.8, 4) is 0 Å². The Bertz CT molecular complexity index is 364. The monoisotopic (exact) mass is 234 g/mol. The van der Waals surface area contributed by atoms with Crippen molar-refractivity contribution in [2.45, 2.75) is 37.8 Å². The van der Waals surface area contributed by atoms with Gasteiger partial charge in [0.2, 0.25) is 0 Å². The van der Waals surface area contributed by atoms with Crippen LogP contribution in [0.3, 0.4) is 0 Å². The van der Waals surface area contributed by atoms with Crippen LogP contribution in [0, 0.1) is 0 Å². The SMILES string of the molecule is CC1(C)CC(CN)(Nc2ccccc2)CCO1.